The van der Waals surface area contributed by atoms with Crippen LogP contribution in [0, 0.1) is 0 Å². The van der Waals surface area contributed by atoms with Gasteiger partial charge in [0.2, 0.25) is 0 Å². The largest absolute Gasteiger partial charge is 0.388 e. The number of methoxy groups -OCH3 is 2. The van der Waals surface area contributed by atoms with Gasteiger partial charge < -0.3 is 44.1 Å². The van der Waals surface area contributed by atoms with Crippen LogP contribution in [0.3, 0.4) is 0 Å². The van der Waals surface area contributed by atoms with E-state index in [2.05, 4.69) is 0 Å². The number of hydrogen-bond acceptors (Lipinski definition) is 9. The predicted octanol–water partition coefficient (Wildman–Crippen LogP) is -2.03. The van der Waals surface area contributed by atoms with Crippen molar-refractivity contribution in [1.82, 2.24) is 0 Å². The highest BCUT2D eigenvalue weighted by Gasteiger charge is 2.50. The Kier molecular flexibility index (Phi) is 6.34. The summed E-state index contributed by atoms with van der Waals surface area (Å²) in [7, 11) is 2.84. The molecule has 0 amide bonds. The van der Waals surface area contributed by atoms with Gasteiger partial charge in [-0.1, -0.05) is 0 Å². The summed E-state index contributed by atoms with van der Waals surface area (Å²) in [5.41, 5.74) is 0. The highest BCUT2D eigenvalue weighted by molar-refractivity contribution is 4.93. The van der Waals surface area contributed by atoms with Crippen LogP contribution >= 0.6 is 0 Å². The number of hydrogen-bond donors (Lipinski definition) is 4. The lowest BCUT2D eigenvalue weighted by molar-refractivity contribution is -0.353. The third-order valence-electron chi connectivity index (χ3n) is 4.39. The minimum atomic E-state index is -1.48. The first kappa shape index (κ1) is 19.0. The molecule has 2 rings (SSSR count). The van der Waals surface area contributed by atoms with E-state index in [1.807, 2.05) is 0 Å². The molecular weight excluding hydrogens is 312 g/mol. The Morgan fingerprint density at radius 3 is 1.78 bits per heavy atom. The summed E-state index contributed by atoms with van der Waals surface area (Å²) < 4.78 is 26.8. The smallest absolute Gasteiger partial charge is 0.187 e. The standard InChI is InChI=1S/C14H26O9/c1-5-7(15)10(9(17)13(18)21-5)23-14-12(20-4)11(19-3)8(16)6(2)22-14/h5-18H,1-4H3/t5-,6-,7-,8+,9+,10+,11+,12-,13?,14-/m0/s1. The summed E-state index contributed by atoms with van der Waals surface area (Å²) in [6, 6.07) is 0. The summed E-state index contributed by atoms with van der Waals surface area (Å²) in [6.45, 7) is 3.20. The number of rotatable bonds is 4. The second-order valence-corrected chi connectivity index (χ2v) is 5.91. The maximum atomic E-state index is 10.2. The maximum Gasteiger partial charge on any atom is 0.187 e. The first-order chi connectivity index (χ1) is 10.8. The van der Waals surface area contributed by atoms with Crippen LogP contribution in [0.25, 0.3) is 0 Å². The Morgan fingerprint density at radius 2 is 1.22 bits per heavy atom. The van der Waals surface area contributed by atoms with Crippen LogP contribution in [0.15, 0.2) is 0 Å². The summed E-state index contributed by atoms with van der Waals surface area (Å²) in [6.07, 6.45) is -9.99. The highest BCUT2D eigenvalue weighted by Crippen LogP contribution is 2.30. The summed E-state index contributed by atoms with van der Waals surface area (Å²) >= 11 is 0. The Bertz CT molecular complexity index is 367. The van der Waals surface area contributed by atoms with Crippen molar-refractivity contribution in [2.45, 2.75) is 75.3 Å². The van der Waals surface area contributed by atoms with Gasteiger partial charge in [0, 0.05) is 14.2 Å². The predicted molar refractivity (Wildman–Crippen MR) is 75.4 cm³/mol. The Balaban J connectivity index is 2.15. The SMILES string of the molecule is CO[C@@H]1[C@H](O[C@@H]2[C@@H](O)[C@H](C)OC(O)[C@@H]2O)O[C@@H](C)[C@@H](O)[C@H]1OC. The lowest BCUT2D eigenvalue weighted by atomic mass is 9.97. The van der Waals surface area contributed by atoms with Crippen LogP contribution in [-0.2, 0) is 23.7 Å². The molecule has 1 unspecified atom stereocenters. The molecule has 0 aromatic carbocycles. The molecule has 0 aliphatic carbocycles. The molecule has 0 radical (unpaired) electrons. The van der Waals surface area contributed by atoms with Crippen molar-refractivity contribution in [3.8, 4) is 0 Å². The van der Waals surface area contributed by atoms with E-state index in [1.54, 1.807) is 13.8 Å². The molecule has 2 saturated heterocycles. The zero-order chi connectivity index (χ0) is 17.3. The third-order valence-corrected chi connectivity index (χ3v) is 4.39. The van der Waals surface area contributed by atoms with Crippen LogP contribution < -0.4 is 0 Å². The minimum Gasteiger partial charge on any atom is -0.388 e. The van der Waals surface area contributed by atoms with Crippen molar-refractivity contribution in [1.29, 1.82) is 0 Å². The fraction of sp³-hybridized carbons (Fsp3) is 1.00. The molecule has 2 aliphatic rings. The van der Waals surface area contributed by atoms with Gasteiger partial charge >= 0.3 is 0 Å². The Morgan fingerprint density at radius 1 is 0.696 bits per heavy atom. The lowest BCUT2D eigenvalue weighted by Crippen LogP contribution is -2.63. The van der Waals surface area contributed by atoms with Crippen molar-refractivity contribution < 1.29 is 44.1 Å². The van der Waals surface area contributed by atoms with E-state index >= 15 is 0 Å². The molecule has 136 valence electrons. The Hall–Kier alpha value is -0.360. The van der Waals surface area contributed by atoms with Crippen molar-refractivity contribution in [3.63, 3.8) is 0 Å². The Labute approximate surface area is 134 Å². The molecule has 23 heavy (non-hydrogen) atoms. The molecule has 2 fully saturated rings. The average molecular weight is 338 g/mol. The fourth-order valence-corrected chi connectivity index (χ4v) is 2.94. The van der Waals surface area contributed by atoms with Crippen molar-refractivity contribution in [3.05, 3.63) is 0 Å². The molecule has 9 nitrogen and oxygen atoms in total. The fourth-order valence-electron chi connectivity index (χ4n) is 2.94. The third kappa shape index (κ3) is 3.68. The number of ether oxygens (including phenoxy) is 5. The summed E-state index contributed by atoms with van der Waals surface area (Å²) in [5, 5.41) is 40.0. The van der Waals surface area contributed by atoms with Gasteiger partial charge in [0.1, 0.15) is 36.6 Å². The molecule has 0 saturated carbocycles. The minimum absolute atomic E-state index is 0.604. The van der Waals surface area contributed by atoms with Gasteiger partial charge in [-0.2, -0.15) is 0 Å². The van der Waals surface area contributed by atoms with Gasteiger partial charge in [-0.25, -0.2) is 0 Å². The van der Waals surface area contributed by atoms with Gasteiger partial charge in [-0.3, -0.25) is 0 Å². The zero-order valence-corrected chi connectivity index (χ0v) is 13.6. The summed E-state index contributed by atoms with van der Waals surface area (Å²) in [5.74, 6) is 0. The average Bonchev–Trinajstić information content (AvgIpc) is 2.52. The van der Waals surface area contributed by atoms with E-state index < -0.39 is 61.4 Å². The molecule has 9 heteroatoms. The van der Waals surface area contributed by atoms with Gasteiger partial charge in [0.05, 0.1) is 12.2 Å². The molecule has 4 N–H and O–H groups in total. The van der Waals surface area contributed by atoms with E-state index in [9.17, 15) is 20.4 Å². The van der Waals surface area contributed by atoms with E-state index in [4.69, 9.17) is 23.7 Å². The van der Waals surface area contributed by atoms with Gasteiger partial charge in [-0.05, 0) is 13.8 Å². The van der Waals surface area contributed by atoms with Crippen LogP contribution in [0.4, 0.5) is 0 Å². The topological polar surface area (TPSA) is 127 Å². The molecule has 2 aliphatic heterocycles. The summed E-state index contributed by atoms with van der Waals surface area (Å²) in [4.78, 5) is 0. The molecule has 0 spiro atoms. The molecular formula is C14H26O9. The molecule has 2 heterocycles. The van der Waals surface area contributed by atoms with Crippen LogP contribution in [0.1, 0.15) is 13.8 Å². The first-order valence-electron chi connectivity index (χ1n) is 7.56. The molecule has 0 aromatic heterocycles. The van der Waals surface area contributed by atoms with E-state index in [-0.39, 0.29) is 0 Å². The highest BCUT2D eigenvalue weighted by atomic mass is 16.7. The van der Waals surface area contributed by atoms with E-state index in [0.717, 1.165) is 0 Å². The van der Waals surface area contributed by atoms with Crippen LogP contribution in [-0.4, -0.2) is 96.1 Å². The zero-order valence-electron chi connectivity index (χ0n) is 13.6. The maximum absolute atomic E-state index is 10.2. The molecule has 0 bridgehead atoms. The monoisotopic (exact) mass is 338 g/mol. The van der Waals surface area contributed by atoms with Crippen molar-refractivity contribution in [2.75, 3.05) is 14.2 Å². The van der Waals surface area contributed by atoms with Crippen LogP contribution in [0.5, 0.6) is 0 Å². The number of aliphatic hydroxyl groups is 4. The number of aliphatic hydroxyl groups excluding tert-OH is 4. The second kappa shape index (κ2) is 7.68. The quantitative estimate of drug-likeness (QED) is 0.459. The van der Waals surface area contributed by atoms with Crippen LogP contribution in [0.2, 0.25) is 0 Å². The molecule has 10 atom stereocenters. The molecule has 0 aromatic rings. The van der Waals surface area contributed by atoms with Gasteiger partial charge in [0.15, 0.2) is 12.6 Å². The van der Waals surface area contributed by atoms with Crippen molar-refractivity contribution in [2.24, 2.45) is 0 Å². The van der Waals surface area contributed by atoms with Gasteiger partial charge in [0.25, 0.3) is 0 Å². The normalized spacial score (nSPS) is 51.7. The second-order valence-electron chi connectivity index (χ2n) is 5.91. The lowest BCUT2D eigenvalue weighted by Gasteiger charge is -2.46. The van der Waals surface area contributed by atoms with Gasteiger partial charge in [-0.15, -0.1) is 0 Å². The van der Waals surface area contributed by atoms with E-state index in [0.29, 0.717) is 0 Å². The van der Waals surface area contributed by atoms with Crippen molar-refractivity contribution >= 4 is 0 Å². The first-order valence-corrected chi connectivity index (χ1v) is 7.56. The van der Waals surface area contributed by atoms with E-state index in [1.165, 1.54) is 14.2 Å².